The van der Waals surface area contributed by atoms with E-state index in [1.54, 1.807) is 14.1 Å². The zero-order valence-electron chi connectivity index (χ0n) is 12.5. The van der Waals surface area contributed by atoms with Crippen molar-refractivity contribution in [3.63, 3.8) is 0 Å². The highest BCUT2D eigenvalue weighted by Crippen LogP contribution is 2.17. The van der Waals surface area contributed by atoms with E-state index in [0.717, 1.165) is 30.4 Å². The van der Waals surface area contributed by atoms with Crippen molar-refractivity contribution in [3.05, 3.63) is 5.82 Å². The van der Waals surface area contributed by atoms with Gasteiger partial charge in [-0.1, -0.05) is 18.7 Å². The maximum Gasteiger partial charge on any atom is 0.316 e. The molecule has 0 saturated heterocycles. The molecular formula is C12H21N5O3S. The number of thioether (sulfide) groups is 1. The van der Waals surface area contributed by atoms with Crippen LogP contribution in [0.15, 0.2) is 5.16 Å². The van der Waals surface area contributed by atoms with Gasteiger partial charge in [-0.05, 0) is 6.42 Å². The molecule has 0 atom stereocenters. The van der Waals surface area contributed by atoms with Gasteiger partial charge < -0.3 is 19.9 Å². The van der Waals surface area contributed by atoms with E-state index in [-0.39, 0.29) is 11.8 Å². The number of urea groups is 1. The van der Waals surface area contributed by atoms with Crippen LogP contribution in [-0.2, 0) is 17.8 Å². The molecule has 0 spiro atoms. The summed E-state index contributed by atoms with van der Waals surface area (Å²) in [6, 6.07) is -0.167. The van der Waals surface area contributed by atoms with E-state index in [2.05, 4.69) is 15.5 Å². The van der Waals surface area contributed by atoms with Crippen LogP contribution < -0.4 is 5.32 Å². The van der Waals surface area contributed by atoms with Crippen LogP contribution in [-0.4, -0.2) is 63.2 Å². The normalized spacial score (nSPS) is 10.4. The van der Waals surface area contributed by atoms with Crippen LogP contribution in [0.4, 0.5) is 4.79 Å². The summed E-state index contributed by atoms with van der Waals surface area (Å²) in [5, 5.41) is 20.2. The molecule has 2 amide bonds. The van der Waals surface area contributed by atoms with Crippen LogP contribution in [0.1, 0.15) is 19.2 Å². The Morgan fingerprint density at radius 3 is 2.67 bits per heavy atom. The molecule has 1 rings (SSSR count). The molecule has 0 bridgehead atoms. The first kappa shape index (κ1) is 17.3. The van der Waals surface area contributed by atoms with Crippen molar-refractivity contribution in [1.29, 1.82) is 0 Å². The molecule has 1 aromatic rings. The van der Waals surface area contributed by atoms with Crippen molar-refractivity contribution in [2.75, 3.05) is 26.4 Å². The Hall–Kier alpha value is -1.77. The maximum atomic E-state index is 11.5. The lowest BCUT2D eigenvalue weighted by Crippen LogP contribution is -2.36. The molecule has 0 aliphatic rings. The smallest absolute Gasteiger partial charge is 0.316 e. The molecule has 0 saturated carbocycles. The van der Waals surface area contributed by atoms with E-state index >= 15 is 0 Å². The Morgan fingerprint density at radius 2 is 2.10 bits per heavy atom. The number of nitrogens with zero attached hydrogens (tertiary/aromatic N) is 4. The fourth-order valence-electron chi connectivity index (χ4n) is 1.62. The largest absolute Gasteiger partial charge is 0.481 e. The van der Waals surface area contributed by atoms with E-state index < -0.39 is 5.97 Å². The third-order valence-electron chi connectivity index (χ3n) is 2.61. The van der Waals surface area contributed by atoms with Gasteiger partial charge in [0.05, 0.1) is 5.75 Å². The highest BCUT2D eigenvalue weighted by Gasteiger charge is 2.13. The van der Waals surface area contributed by atoms with Gasteiger partial charge in [0, 0.05) is 33.6 Å². The summed E-state index contributed by atoms with van der Waals surface area (Å²) in [7, 11) is 3.34. The van der Waals surface area contributed by atoms with E-state index in [9.17, 15) is 9.59 Å². The number of hydrogen-bond donors (Lipinski definition) is 2. The zero-order chi connectivity index (χ0) is 15.8. The lowest BCUT2D eigenvalue weighted by molar-refractivity contribution is -0.133. The van der Waals surface area contributed by atoms with Crippen LogP contribution in [0, 0.1) is 0 Å². The molecule has 0 aliphatic carbocycles. The molecule has 0 aromatic carbocycles. The fraction of sp³-hybridized carbons (Fsp3) is 0.667. The number of hydrogen-bond acceptors (Lipinski definition) is 5. The van der Waals surface area contributed by atoms with Gasteiger partial charge >= 0.3 is 12.0 Å². The van der Waals surface area contributed by atoms with Gasteiger partial charge in [0.2, 0.25) is 0 Å². The van der Waals surface area contributed by atoms with Crippen molar-refractivity contribution in [2.45, 2.75) is 31.5 Å². The van der Waals surface area contributed by atoms with Gasteiger partial charge in [-0.2, -0.15) is 0 Å². The van der Waals surface area contributed by atoms with Crippen LogP contribution in [0.2, 0.25) is 0 Å². The predicted octanol–water partition coefficient (Wildman–Crippen LogP) is 0.679. The van der Waals surface area contributed by atoms with E-state index in [1.165, 1.54) is 4.90 Å². The second-order valence-electron chi connectivity index (χ2n) is 4.61. The third kappa shape index (κ3) is 5.62. The number of aliphatic carboxylic acids is 1. The molecule has 1 heterocycles. The second-order valence-corrected chi connectivity index (χ2v) is 5.55. The highest BCUT2D eigenvalue weighted by molar-refractivity contribution is 7.99. The summed E-state index contributed by atoms with van der Waals surface area (Å²) in [4.78, 5) is 23.6. The van der Waals surface area contributed by atoms with Crippen LogP contribution in [0.25, 0.3) is 0 Å². The number of rotatable bonds is 8. The van der Waals surface area contributed by atoms with E-state index in [1.807, 2.05) is 11.5 Å². The summed E-state index contributed by atoms with van der Waals surface area (Å²) < 4.78 is 1.87. The Morgan fingerprint density at radius 1 is 1.38 bits per heavy atom. The Labute approximate surface area is 127 Å². The van der Waals surface area contributed by atoms with Crippen molar-refractivity contribution >= 4 is 23.8 Å². The monoisotopic (exact) mass is 315 g/mol. The molecule has 0 unspecified atom stereocenters. The van der Waals surface area contributed by atoms with Crippen molar-refractivity contribution in [3.8, 4) is 0 Å². The van der Waals surface area contributed by atoms with Gasteiger partial charge in [0.25, 0.3) is 0 Å². The number of carboxylic acid groups (broad SMARTS) is 1. The predicted molar refractivity (Wildman–Crippen MR) is 79.5 cm³/mol. The van der Waals surface area contributed by atoms with Crippen LogP contribution in [0.5, 0.6) is 0 Å². The minimum Gasteiger partial charge on any atom is -0.481 e. The molecule has 0 aliphatic heterocycles. The number of carbonyl (C=O) groups excluding carboxylic acids is 1. The number of carboxylic acids is 1. The summed E-state index contributed by atoms with van der Waals surface area (Å²) in [5.41, 5.74) is 0. The minimum absolute atomic E-state index is 0.0612. The number of aryl methyl sites for hydroxylation is 1. The maximum absolute atomic E-state index is 11.5. The van der Waals surface area contributed by atoms with Gasteiger partial charge in [0.1, 0.15) is 5.82 Å². The summed E-state index contributed by atoms with van der Waals surface area (Å²) in [6.45, 7) is 2.99. The molecule has 1 aromatic heterocycles. The first-order chi connectivity index (χ1) is 9.95. The topological polar surface area (TPSA) is 100 Å². The summed E-state index contributed by atoms with van der Waals surface area (Å²) >= 11 is 1.13. The van der Waals surface area contributed by atoms with Crippen LogP contribution in [0.3, 0.4) is 0 Å². The SMILES string of the molecule is CCCc1nnc(SCC(=O)O)n1CCNC(=O)N(C)C. The zero-order valence-corrected chi connectivity index (χ0v) is 13.3. The van der Waals surface area contributed by atoms with Gasteiger partial charge in [-0.25, -0.2) is 4.79 Å². The highest BCUT2D eigenvalue weighted by atomic mass is 32.2. The molecule has 9 heteroatoms. The third-order valence-corrected chi connectivity index (χ3v) is 3.56. The molecule has 118 valence electrons. The second kappa shape index (κ2) is 8.50. The van der Waals surface area contributed by atoms with E-state index in [0.29, 0.717) is 18.2 Å². The number of nitrogens with one attached hydrogen (secondary N) is 1. The molecule has 0 radical (unpaired) electrons. The fourth-order valence-corrected chi connectivity index (χ4v) is 2.32. The van der Waals surface area contributed by atoms with Gasteiger partial charge in [-0.15, -0.1) is 10.2 Å². The standard InChI is InChI=1S/C12H21N5O3S/c1-4-5-9-14-15-12(21-8-10(18)19)17(9)7-6-13-11(20)16(2)3/h4-8H2,1-3H3,(H,13,20)(H,18,19). The van der Waals surface area contributed by atoms with Crippen molar-refractivity contribution in [1.82, 2.24) is 25.0 Å². The average Bonchev–Trinajstić information content (AvgIpc) is 2.79. The summed E-state index contributed by atoms with van der Waals surface area (Å²) in [5.74, 6) is -0.147. The first-order valence-electron chi connectivity index (χ1n) is 6.67. The summed E-state index contributed by atoms with van der Waals surface area (Å²) in [6.07, 6.45) is 1.69. The van der Waals surface area contributed by atoms with Crippen molar-refractivity contribution < 1.29 is 14.7 Å². The molecular weight excluding hydrogens is 294 g/mol. The lowest BCUT2D eigenvalue weighted by atomic mass is 10.3. The quantitative estimate of drug-likeness (QED) is 0.684. The lowest BCUT2D eigenvalue weighted by Gasteiger charge is -2.13. The Bertz CT molecular complexity index is 489. The Balaban J connectivity index is 2.69. The average molecular weight is 315 g/mol. The molecule has 0 fully saturated rings. The van der Waals surface area contributed by atoms with Crippen molar-refractivity contribution in [2.24, 2.45) is 0 Å². The minimum atomic E-state index is -0.896. The number of aromatic nitrogens is 3. The first-order valence-corrected chi connectivity index (χ1v) is 7.66. The number of carbonyl (C=O) groups is 2. The Kier molecular flexibility index (Phi) is 7.00. The molecule has 21 heavy (non-hydrogen) atoms. The van der Waals surface area contributed by atoms with E-state index in [4.69, 9.17) is 5.11 Å². The molecule has 8 nitrogen and oxygen atoms in total. The van der Waals surface area contributed by atoms with Gasteiger partial charge in [0.15, 0.2) is 5.16 Å². The number of amides is 2. The van der Waals surface area contributed by atoms with Crippen LogP contribution >= 0.6 is 11.8 Å². The molecule has 2 N–H and O–H groups in total. The van der Waals surface area contributed by atoms with Gasteiger partial charge in [-0.3, -0.25) is 4.79 Å².